The van der Waals surface area contributed by atoms with Gasteiger partial charge in [0.25, 0.3) is 0 Å². The SMILES string of the molecule is CC(=O)N(CCNS(=O)(=O)c1ccc(F)cc1C)Cc1ccccc1. The van der Waals surface area contributed by atoms with Crippen molar-refractivity contribution in [2.75, 3.05) is 13.1 Å². The summed E-state index contributed by atoms with van der Waals surface area (Å²) in [6, 6.07) is 13.0. The third-order valence-electron chi connectivity index (χ3n) is 3.76. The molecule has 2 aromatic rings. The second-order valence-electron chi connectivity index (χ2n) is 5.73. The number of benzene rings is 2. The normalized spacial score (nSPS) is 11.3. The molecule has 2 rings (SSSR count). The van der Waals surface area contributed by atoms with Gasteiger partial charge in [-0.1, -0.05) is 30.3 Å². The molecule has 2 aromatic carbocycles. The van der Waals surface area contributed by atoms with Crippen molar-refractivity contribution in [2.24, 2.45) is 0 Å². The van der Waals surface area contributed by atoms with E-state index in [4.69, 9.17) is 0 Å². The van der Waals surface area contributed by atoms with Gasteiger partial charge < -0.3 is 4.90 Å². The first kappa shape index (κ1) is 19.1. The van der Waals surface area contributed by atoms with E-state index in [-0.39, 0.29) is 23.9 Å². The van der Waals surface area contributed by atoms with Crippen LogP contribution in [-0.2, 0) is 21.4 Å². The van der Waals surface area contributed by atoms with Crippen molar-refractivity contribution in [3.8, 4) is 0 Å². The van der Waals surface area contributed by atoms with Crippen molar-refractivity contribution in [3.63, 3.8) is 0 Å². The number of hydrogen-bond donors (Lipinski definition) is 1. The van der Waals surface area contributed by atoms with Crippen LogP contribution in [0.15, 0.2) is 53.4 Å². The molecule has 7 heteroatoms. The number of nitrogens with one attached hydrogen (secondary N) is 1. The summed E-state index contributed by atoms with van der Waals surface area (Å²) in [7, 11) is -3.76. The molecule has 0 radical (unpaired) electrons. The number of carbonyl (C=O) groups excluding carboxylic acids is 1. The van der Waals surface area contributed by atoms with Gasteiger partial charge in [0.1, 0.15) is 5.82 Å². The Hall–Kier alpha value is -2.25. The minimum Gasteiger partial charge on any atom is -0.337 e. The van der Waals surface area contributed by atoms with E-state index >= 15 is 0 Å². The molecule has 0 aromatic heterocycles. The summed E-state index contributed by atoms with van der Waals surface area (Å²) in [5.41, 5.74) is 1.30. The number of carbonyl (C=O) groups is 1. The number of halogens is 1. The number of aryl methyl sites for hydroxylation is 1. The van der Waals surface area contributed by atoms with Gasteiger partial charge in [-0.15, -0.1) is 0 Å². The molecule has 0 unspecified atom stereocenters. The lowest BCUT2D eigenvalue weighted by Crippen LogP contribution is -2.37. The van der Waals surface area contributed by atoms with Gasteiger partial charge in [0, 0.05) is 26.6 Å². The van der Waals surface area contributed by atoms with E-state index in [0.29, 0.717) is 12.1 Å². The summed E-state index contributed by atoms with van der Waals surface area (Å²) >= 11 is 0. The molecule has 1 N–H and O–H groups in total. The Balaban J connectivity index is 2.00. The molecule has 0 saturated carbocycles. The second kappa shape index (κ2) is 8.22. The first-order valence-electron chi connectivity index (χ1n) is 7.85. The van der Waals surface area contributed by atoms with Crippen LogP contribution in [0.3, 0.4) is 0 Å². The van der Waals surface area contributed by atoms with E-state index in [2.05, 4.69) is 4.72 Å². The molecular weight excluding hydrogens is 343 g/mol. The lowest BCUT2D eigenvalue weighted by Gasteiger charge is -2.21. The molecule has 0 bridgehead atoms. The highest BCUT2D eigenvalue weighted by molar-refractivity contribution is 7.89. The lowest BCUT2D eigenvalue weighted by atomic mass is 10.2. The maximum atomic E-state index is 13.1. The largest absolute Gasteiger partial charge is 0.337 e. The number of nitrogens with zero attached hydrogens (tertiary/aromatic N) is 1. The fourth-order valence-corrected chi connectivity index (χ4v) is 3.70. The Kier molecular flexibility index (Phi) is 6.27. The van der Waals surface area contributed by atoms with Crippen LogP contribution in [0.1, 0.15) is 18.1 Å². The topological polar surface area (TPSA) is 66.5 Å². The van der Waals surface area contributed by atoms with Crippen molar-refractivity contribution >= 4 is 15.9 Å². The molecule has 0 atom stereocenters. The van der Waals surface area contributed by atoms with Crippen LogP contribution in [0.2, 0.25) is 0 Å². The summed E-state index contributed by atoms with van der Waals surface area (Å²) in [6.07, 6.45) is 0. The van der Waals surface area contributed by atoms with Crippen LogP contribution in [0, 0.1) is 12.7 Å². The van der Waals surface area contributed by atoms with Gasteiger partial charge in [-0.3, -0.25) is 4.79 Å². The monoisotopic (exact) mass is 364 g/mol. The van der Waals surface area contributed by atoms with Crippen molar-refractivity contribution in [1.29, 1.82) is 0 Å². The van der Waals surface area contributed by atoms with Crippen molar-refractivity contribution in [1.82, 2.24) is 9.62 Å². The van der Waals surface area contributed by atoms with Crippen molar-refractivity contribution < 1.29 is 17.6 Å². The average Bonchev–Trinajstić information content (AvgIpc) is 2.54. The zero-order chi connectivity index (χ0) is 18.4. The zero-order valence-electron chi connectivity index (χ0n) is 14.2. The summed E-state index contributed by atoms with van der Waals surface area (Å²) < 4.78 is 40.3. The number of amides is 1. The van der Waals surface area contributed by atoms with Gasteiger partial charge in [0.05, 0.1) is 4.90 Å². The molecule has 0 aliphatic rings. The number of hydrogen-bond acceptors (Lipinski definition) is 3. The van der Waals surface area contributed by atoms with Gasteiger partial charge in [0.15, 0.2) is 0 Å². The third kappa shape index (κ3) is 5.37. The molecule has 0 heterocycles. The lowest BCUT2D eigenvalue weighted by molar-refractivity contribution is -0.129. The van der Waals surface area contributed by atoms with E-state index in [1.165, 1.54) is 26.0 Å². The molecule has 0 spiro atoms. The molecule has 25 heavy (non-hydrogen) atoms. The first-order valence-corrected chi connectivity index (χ1v) is 9.33. The van der Waals surface area contributed by atoms with Gasteiger partial charge in [-0.25, -0.2) is 17.5 Å². The summed E-state index contributed by atoms with van der Waals surface area (Å²) in [6.45, 7) is 3.71. The van der Waals surface area contributed by atoms with Crippen LogP contribution >= 0.6 is 0 Å². The molecule has 5 nitrogen and oxygen atoms in total. The Morgan fingerprint density at radius 3 is 2.44 bits per heavy atom. The van der Waals surface area contributed by atoms with E-state index < -0.39 is 15.8 Å². The molecular formula is C18H21FN2O3S. The summed E-state index contributed by atoms with van der Waals surface area (Å²) in [5, 5.41) is 0. The predicted octanol–water partition coefficient (Wildman–Crippen LogP) is 2.46. The van der Waals surface area contributed by atoms with Gasteiger partial charge >= 0.3 is 0 Å². The van der Waals surface area contributed by atoms with E-state index in [9.17, 15) is 17.6 Å². The highest BCUT2D eigenvalue weighted by Crippen LogP contribution is 2.15. The van der Waals surface area contributed by atoms with Crippen molar-refractivity contribution in [3.05, 3.63) is 65.5 Å². The molecule has 0 aliphatic heterocycles. The molecule has 0 aliphatic carbocycles. The maximum Gasteiger partial charge on any atom is 0.240 e. The first-order chi connectivity index (χ1) is 11.8. The van der Waals surface area contributed by atoms with Crippen LogP contribution in [-0.4, -0.2) is 32.3 Å². The molecule has 1 amide bonds. The Morgan fingerprint density at radius 1 is 1.16 bits per heavy atom. The van der Waals surface area contributed by atoms with E-state index in [1.807, 2.05) is 30.3 Å². The predicted molar refractivity (Wildman–Crippen MR) is 93.9 cm³/mol. The van der Waals surface area contributed by atoms with Crippen molar-refractivity contribution in [2.45, 2.75) is 25.3 Å². The van der Waals surface area contributed by atoms with E-state index in [0.717, 1.165) is 11.6 Å². The van der Waals surface area contributed by atoms with Crippen LogP contribution in [0.25, 0.3) is 0 Å². The highest BCUT2D eigenvalue weighted by Gasteiger charge is 2.18. The fourth-order valence-electron chi connectivity index (χ4n) is 2.46. The fraction of sp³-hybridized carbons (Fsp3) is 0.278. The summed E-state index contributed by atoms with van der Waals surface area (Å²) in [4.78, 5) is 13.4. The minimum atomic E-state index is -3.76. The van der Waals surface area contributed by atoms with Gasteiger partial charge in [0.2, 0.25) is 15.9 Å². The second-order valence-corrected chi connectivity index (χ2v) is 7.47. The third-order valence-corrected chi connectivity index (χ3v) is 5.38. The Morgan fingerprint density at radius 2 is 1.84 bits per heavy atom. The van der Waals surface area contributed by atoms with Gasteiger partial charge in [-0.05, 0) is 36.2 Å². The minimum absolute atomic E-state index is 0.0336. The Bertz CT molecular complexity index is 839. The van der Waals surface area contributed by atoms with Crippen LogP contribution < -0.4 is 4.72 Å². The summed E-state index contributed by atoms with van der Waals surface area (Å²) in [5.74, 6) is -0.622. The standard InChI is InChI=1S/C18H21FN2O3S/c1-14-12-17(19)8-9-18(14)25(23,24)20-10-11-21(15(2)22)13-16-6-4-3-5-7-16/h3-9,12,20H,10-11,13H2,1-2H3. The maximum absolute atomic E-state index is 13.1. The smallest absolute Gasteiger partial charge is 0.240 e. The van der Waals surface area contributed by atoms with Gasteiger partial charge in [-0.2, -0.15) is 0 Å². The molecule has 134 valence electrons. The molecule has 0 fully saturated rings. The number of rotatable bonds is 7. The van der Waals surface area contributed by atoms with Crippen LogP contribution in [0.5, 0.6) is 0 Å². The quantitative estimate of drug-likeness (QED) is 0.821. The average molecular weight is 364 g/mol. The van der Waals surface area contributed by atoms with E-state index in [1.54, 1.807) is 4.90 Å². The molecule has 0 saturated heterocycles. The Labute approximate surface area is 147 Å². The number of sulfonamides is 1. The zero-order valence-corrected chi connectivity index (χ0v) is 15.0. The van der Waals surface area contributed by atoms with Crippen LogP contribution in [0.4, 0.5) is 4.39 Å². The highest BCUT2D eigenvalue weighted by atomic mass is 32.2.